The lowest BCUT2D eigenvalue weighted by atomic mass is 10.3. The standard InChI is InChI=1S/C10H9F2N3O2S/c1-6-4-10(14-13-6)15-18(16,17)9-5-7(11)2-3-8(9)12/h2-5H,1H3,(H2,13,14,15). The molecule has 0 bridgehead atoms. The van der Waals surface area contributed by atoms with Crippen molar-refractivity contribution < 1.29 is 17.2 Å². The van der Waals surface area contributed by atoms with Crippen LogP contribution in [0.3, 0.4) is 0 Å². The highest BCUT2D eigenvalue weighted by molar-refractivity contribution is 7.92. The summed E-state index contributed by atoms with van der Waals surface area (Å²) in [4.78, 5) is -0.761. The average molecular weight is 273 g/mol. The number of aromatic amines is 1. The van der Waals surface area contributed by atoms with Crippen LogP contribution in [-0.2, 0) is 10.0 Å². The van der Waals surface area contributed by atoms with Gasteiger partial charge in [-0.3, -0.25) is 9.82 Å². The summed E-state index contributed by atoms with van der Waals surface area (Å²) >= 11 is 0. The molecule has 0 atom stereocenters. The highest BCUT2D eigenvalue weighted by Gasteiger charge is 2.20. The number of hydrogen-bond acceptors (Lipinski definition) is 3. The minimum absolute atomic E-state index is 0.0103. The fourth-order valence-corrected chi connectivity index (χ4v) is 2.43. The van der Waals surface area contributed by atoms with E-state index in [1.807, 2.05) is 4.72 Å². The topological polar surface area (TPSA) is 74.8 Å². The van der Waals surface area contributed by atoms with E-state index >= 15 is 0 Å². The van der Waals surface area contributed by atoms with Crippen LogP contribution in [0, 0.1) is 18.6 Å². The summed E-state index contributed by atoms with van der Waals surface area (Å²) in [5, 5.41) is 6.17. The Morgan fingerprint density at radius 2 is 2.00 bits per heavy atom. The number of rotatable bonds is 3. The number of hydrogen-bond donors (Lipinski definition) is 2. The smallest absolute Gasteiger partial charge is 0.266 e. The van der Waals surface area contributed by atoms with Crippen molar-refractivity contribution in [2.45, 2.75) is 11.8 Å². The normalized spacial score (nSPS) is 11.5. The molecule has 1 aromatic heterocycles. The first-order chi connectivity index (χ1) is 8.38. The highest BCUT2D eigenvalue weighted by Crippen LogP contribution is 2.19. The lowest BCUT2D eigenvalue weighted by Gasteiger charge is -2.06. The zero-order chi connectivity index (χ0) is 13.3. The van der Waals surface area contributed by atoms with Gasteiger partial charge in [0.05, 0.1) is 0 Å². The van der Waals surface area contributed by atoms with Crippen molar-refractivity contribution in [1.82, 2.24) is 10.2 Å². The van der Waals surface area contributed by atoms with Gasteiger partial charge in [-0.1, -0.05) is 0 Å². The first kappa shape index (κ1) is 12.5. The summed E-state index contributed by atoms with van der Waals surface area (Å²) in [5.74, 6) is -1.86. The van der Waals surface area contributed by atoms with Gasteiger partial charge in [0.1, 0.15) is 16.5 Å². The van der Waals surface area contributed by atoms with Gasteiger partial charge in [0.15, 0.2) is 5.82 Å². The zero-order valence-corrected chi connectivity index (χ0v) is 10.1. The van der Waals surface area contributed by atoms with Gasteiger partial charge in [-0.05, 0) is 25.1 Å². The molecule has 0 radical (unpaired) electrons. The first-order valence-corrected chi connectivity index (χ1v) is 6.37. The quantitative estimate of drug-likeness (QED) is 0.895. The van der Waals surface area contributed by atoms with Gasteiger partial charge >= 0.3 is 0 Å². The van der Waals surface area contributed by atoms with Crippen molar-refractivity contribution in [3.63, 3.8) is 0 Å². The molecule has 2 N–H and O–H groups in total. The molecule has 0 saturated heterocycles. The largest absolute Gasteiger partial charge is 0.281 e. The third kappa shape index (κ3) is 2.48. The van der Waals surface area contributed by atoms with E-state index in [1.165, 1.54) is 6.07 Å². The average Bonchev–Trinajstić information content (AvgIpc) is 2.66. The summed E-state index contributed by atoms with van der Waals surface area (Å²) in [5.41, 5.74) is 0.632. The van der Waals surface area contributed by atoms with Crippen LogP contribution >= 0.6 is 0 Å². The van der Waals surface area contributed by atoms with Crippen LogP contribution in [0.5, 0.6) is 0 Å². The number of H-pyrrole nitrogens is 1. The molecule has 2 rings (SSSR count). The fraction of sp³-hybridized carbons (Fsp3) is 0.100. The van der Waals surface area contributed by atoms with Gasteiger partial charge in [0, 0.05) is 11.8 Å². The molecule has 1 heterocycles. The number of halogens is 2. The third-order valence-corrected chi connectivity index (χ3v) is 3.50. The molecular formula is C10H9F2N3O2S. The molecular weight excluding hydrogens is 264 g/mol. The van der Waals surface area contributed by atoms with Crippen molar-refractivity contribution in [2.24, 2.45) is 0 Å². The van der Waals surface area contributed by atoms with E-state index in [0.717, 1.165) is 12.1 Å². The number of benzene rings is 1. The molecule has 5 nitrogen and oxygen atoms in total. The van der Waals surface area contributed by atoms with Crippen molar-refractivity contribution in [2.75, 3.05) is 4.72 Å². The maximum Gasteiger partial charge on any atom is 0.266 e. The van der Waals surface area contributed by atoms with Crippen molar-refractivity contribution in [3.05, 3.63) is 41.6 Å². The Bertz CT molecular complexity index is 682. The van der Waals surface area contributed by atoms with Gasteiger partial charge in [0.2, 0.25) is 0 Å². The van der Waals surface area contributed by atoms with Crippen molar-refractivity contribution in [1.29, 1.82) is 0 Å². The maximum atomic E-state index is 13.4. The minimum atomic E-state index is -4.20. The molecule has 2 aromatic rings. The molecule has 1 aromatic carbocycles. The van der Waals surface area contributed by atoms with Gasteiger partial charge in [-0.25, -0.2) is 17.2 Å². The predicted molar refractivity (Wildman–Crippen MR) is 60.5 cm³/mol. The SMILES string of the molecule is Cc1cc(NS(=O)(=O)c2cc(F)ccc2F)n[nH]1. The van der Waals surface area contributed by atoms with Gasteiger partial charge in [-0.2, -0.15) is 5.10 Å². The first-order valence-electron chi connectivity index (χ1n) is 4.88. The second-order valence-corrected chi connectivity index (χ2v) is 5.27. The van der Waals surface area contributed by atoms with E-state index < -0.39 is 26.6 Å². The van der Waals surface area contributed by atoms with Crippen LogP contribution in [0.25, 0.3) is 0 Å². The van der Waals surface area contributed by atoms with E-state index in [2.05, 4.69) is 10.2 Å². The Labute approximate surface area is 102 Å². The summed E-state index contributed by atoms with van der Waals surface area (Å²) < 4.78 is 52.0. The van der Waals surface area contributed by atoms with Crippen LogP contribution in [0.15, 0.2) is 29.2 Å². The highest BCUT2D eigenvalue weighted by atomic mass is 32.2. The van der Waals surface area contributed by atoms with Gasteiger partial charge in [0.25, 0.3) is 10.0 Å². The fourth-order valence-electron chi connectivity index (χ4n) is 1.35. The van der Waals surface area contributed by atoms with Crippen LogP contribution in [0.2, 0.25) is 0 Å². The second-order valence-electron chi connectivity index (χ2n) is 3.62. The van der Waals surface area contributed by atoms with Crippen molar-refractivity contribution >= 4 is 15.8 Å². The van der Waals surface area contributed by atoms with Crippen LogP contribution in [-0.4, -0.2) is 18.6 Å². The molecule has 0 unspecified atom stereocenters. The molecule has 0 amide bonds. The Hall–Kier alpha value is -1.96. The summed E-state index contributed by atoms with van der Waals surface area (Å²) in [6.07, 6.45) is 0. The number of aromatic nitrogens is 2. The number of nitrogens with zero attached hydrogens (tertiary/aromatic N) is 1. The monoisotopic (exact) mass is 273 g/mol. The molecule has 0 aliphatic rings. The predicted octanol–water partition coefficient (Wildman–Crippen LogP) is 1.80. The summed E-state index contributed by atoms with van der Waals surface area (Å²) in [6.45, 7) is 1.67. The molecule has 96 valence electrons. The second kappa shape index (κ2) is 4.37. The maximum absolute atomic E-state index is 13.4. The molecule has 0 saturated carbocycles. The molecule has 0 aliphatic heterocycles. The van der Waals surface area contributed by atoms with E-state index in [1.54, 1.807) is 6.92 Å². The third-order valence-electron chi connectivity index (χ3n) is 2.13. The van der Waals surface area contributed by atoms with Crippen molar-refractivity contribution in [3.8, 4) is 0 Å². The number of aryl methyl sites for hydroxylation is 1. The van der Waals surface area contributed by atoms with Crippen LogP contribution < -0.4 is 4.72 Å². The molecule has 0 spiro atoms. The number of anilines is 1. The van der Waals surface area contributed by atoms with Crippen LogP contribution in [0.1, 0.15) is 5.69 Å². The minimum Gasteiger partial charge on any atom is -0.281 e. The molecule has 8 heteroatoms. The van der Waals surface area contributed by atoms with Gasteiger partial charge < -0.3 is 0 Å². The lowest BCUT2D eigenvalue weighted by Crippen LogP contribution is -2.15. The van der Waals surface area contributed by atoms with E-state index in [4.69, 9.17) is 0 Å². The van der Waals surface area contributed by atoms with Crippen LogP contribution in [0.4, 0.5) is 14.6 Å². The van der Waals surface area contributed by atoms with E-state index in [-0.39, 0.29) is 5.82 Å². The summed E-state index contributed by atoms with van der Waals surface area (Å²) in [7, 11) is -4.20. The summed E-state index contributed by atoms with van der Waals surface area (Å²) in [6, 6.07) is 3.62. The Kier molecular flexibility index (Phi) is 3.04. The van der Waals surface area contributed by atoms with E-state index in [0.29, 0.717) is 11.8 Å². The van der Waals surface area contributed by atoms with Gasteiger partial charge in [-0.15, -0.1) is 0 Å². The zero-order valence-electron chi connectivity index (χ0n) is 9.24. The lowest BCUT2D eigenvalue weighted by molar-refractivity contribution is 0.555. The Balaban J connectivity index is 2.39. The molecule has 18 heavy (non-hydrogen) atoms. The molecule has 0 aliphatic carbocycles. The number of sulfonamides is 1. The number of nitrogens with one attached hydrogen (secondary N) is 2. The Morgan fingerprint density at radius 3 is 2.61 bits per heavy atom. The van der Waals surface area contributed by atoms with E-state index in [9.17, 15) is 17.2 Å². The Morgan fingerprint density at radius 1 is 1.28 bits per heavy atom. The molecule has 0 fully saturated rings.